The molecule has 2 aromatic heterocycles. The molecule has 2 aliphatic rings. The molecular weight excluding hydrogens is 373 g/mol. The highest BCUT2D eigenvalue weighted by atomic mass is 32.1. The molecule has 0 radical (unpaired) electrons. The number of fused-ring (bicyclic) bond motifs is 5. The van der Waals surface area contributed by atoms with Crippen molar-refractivity contribution in [1.29, 1.82) is 0 Å². The lowest BCUT2D eigenvalue weighted by molar-refractivity contribution is -0.136. The second kappa shape index (κ2) is 5.86. The standard InChI is InChI=1S/C20H17F3N2OS/c21-20(22,23)13-8-17(26)24-14-4-5-16-18(19(13)14)12-2-1-3-15(12)25(16)9-11-6-7-27-10-11/h4-8,10,12,15H,1-3,9H2,(H,24,26). The van der Waals surface area contributed by atoms with Gasteiger partial charge in [0.1, 0.15) is 0 Å². The minimum absolute atomic E-state index is 0.0781. The molecule has 5 rings (SSSR count). The molecule has 1 aromatic carbocycles. The average Bonchev–Trinajstić information content (AvgIpc) is 3.32. The number of hydrogen-bond donors (Lipinski definition) is 1. The number of aromatic amines is 1. The molecule has 2 atom stereocenters. The number of nitrogens with one attached hydrogen (secondary N) is 1. The van der Waals surface area contributed by atoms with Gasteiger partial charge in [0.05, 0.1) is 5.56 Å². The number of alkyl halides is 3. The summed E-state index contributed by atoms with van der Waals surface area (Å²) in [5, 5.41) is 4.27. The van der Waals surface area contributed by atoms with Crippen LogP contribution in [-0.4, -0.2) is 11.0 Å². The van der Waals surface area contributed by atoms with Crippen molar-refractivity contribution in [3.63, 3.8) is 0 Å². The van der Waals surface area contributed by atoms with Crippen molar-refractivity contribution in [2.24, 2.45) is 0 Å². The quantitative estimate of drug-likeness (QED) is 0.648. The van der Waals surface area contributed by atoms with Crippen LogP contribution in [0.3, 0.4) is 0 Å². The smallest absolute Gasteiger partial charge is 0.363 e. The Morgan fingerprint density at radius 1 is 1.22 bits per heavy atom. The normalized spacial score (nSPS) is 21.7. The van der Waals surface area contributed by atoms with Crippen molar-refractivity contribution in [3.8, 4) is 0 Å². The fourth-order valence-corrected chi connectivity index (χ4v) is 5.49. The Morgan fingerprint density at radius 2 is 2.07 bits per heavy atom. The number of thiophene rings is 1. The molecule has 2 unspecified atom stereocenters. The van der Waals surface area contributed by atoms with Crippen LogP contribution >= 0.6 is 11.3 Å². The first-order valence-electron chi connectivity index (χ1n) is 8.98. The van der Waals surface area contributed by atoms with E-state index < -0.39 is 17.3 Å². The minimum Gasteiger partial charge on any atom is -0.363 e. The summed E-state index contributed by atoms with van der Waals surface area (Å²) < 4.78 is 41.2. The molecule has 140 valence electrons. The van der Waals surface area contributed by atoms with E-state index >= 15 is 0 Å². The molecule has 0 saturated heterocycles. The molecule has 27 heavy (non-hydrogen) atoms. The highest BCUT2D eigenvalue weighted by Gasteiger charge is 2.44. The zero-order valence-corrected chi connectivity index (χ0v) is 15.2. The van der Waals surface area contributed by atoms with Gasteiger partial charge in [-0.1, -0.05) is 6.42 Å². The van der Waals surface area contributed by atoms with Crippen LogP contribution < -0.4 is 10.5 Å². The van der Waals surface area contributed by atoms with E-state index in [0.29, 0.717) is 12.6 Å². The second-order valence-corrected chi connectivity index (χ2v) is 8.11. The number of aromatic nitrogens is 1. The first kappa shape index (κ1) is 16.9. The number of H-pyrrole nitrogens is 1. The van der Waals surface area contributed by atoms with Crippen molar-refractivity contribution in [2.75, 3.05) is 4.90 Å². The van der Waals surface area contributed by atoms with Crippen molar-refractivity contribution < 1.29 is 13.2 Å². The first-order chi connectivity index (χ1) is 12.9. The molecule has 3 heterocycles. The maximum Gasteiger partial charge on any atom is 0.417 e. The van der Waals surface area contributed by atoms with Crippen molar-refractivity contribution >= 4 is 27.9 Å². The molecule has 1 N–H and O–H groups in total. The number of hydrogen-bond acceptors (Lipinski definition) is 3. The van der Waals surface area contributed by atoms with Crippen molar-refractivity contribution in [3.05, 3.63) is 62.1 Å². The van der Waals surface area contributed by atoms with Crippen LogP contribution in [0.5, 0.6) is 0 Å². The maximum atomic E-state index is 13.7. The van der Waals surface area contributed by atoms with E-state index in [2.05, 4.69) is 21.3 Å². The summed E-state index contributed by atoms with van der Waals surface area (Å²) in [6.07, 6.45) is -1.68. The van der Waals surface area contributed by atoms with E-state index in [1.54, 1.807) is 17.4 Å². The zero-order valence-electron chi connectivity index (χ0n) is 14.3. The topological polar surface area (TPSA) is 36.1 Å². The lowest BCUT2D eigenvalue weighted by Gasteiger charge is -2.26. The van der Waals surface area contributed by atoms with Gasteiger partial charge in [0.15, 0.2) is 0 Å². The zero-order chi connectivity index (χ0) is 18.8. The Kier molecular flexibility index (Phi) is 3.66. The number of benzene rings is 1. The number of anilines is 1. The molecule has 0 spiro atoms. The lowest BCUT2D eigenvalue weighted by Crippen LogP contribution is -2.30. The fourth-order valence-electron chi connectivity index (χ4n) is 4.83. The Morgan fingerprint density at radius 3 is 2.81 bits per heavy atom. The SMILES string of the molecule is O=c1cc(C(F)(F)F)c2c3c(ccc2[nH]1)N(Cc1ccsc1)C1CCCC31. The summed E-state index contributed by atoms with van der Waals surface area (Å²) in [5.41, 5.74) is 1.55. The van der Waals surface area contributed by atoms with E-state index in [4.69, 9.17) is 0 Å². The largest absolute Gasteiger partial charge is 0.417 e. The molecule has 3 nitrogen and oxygen atoms in total. The minimum atomic E-state index is -4.56. The maximum absolute atomic E-state index is 13.7. The van der Waals surface area contributed by atoms with E-state index in [9.17, 15) is 18.0 Å². The van der Waals surface area contributed by atoms with Gasteiger partial charge in [-0.3, -0.25) is 4.79 Å². The first-order valence-corrected chi connectivity index (χ1v) is 9.92. The molecule has 1 aliphatic heterocycles. The monoisotopic (exact) mass is 390 g/mol. The summed E-state index contributed by atoms with van der Waals surface area (Å²) in [6, 6.07) is 6.48. The van der Waals surface area contributed by atoms with E-state index in [1.165, 1.54) is 5.56 Å². The fraction of sp³-hybridized carbons (Fsp3) is 0.350. The Bertz CT molecular complexity index is 1070. The van der Waals surface area contributed by atoms with Gasteiger partial charge in [0.25, 0.3) is 0 Å². The molecule has 1 saturated carbocycles. The number of pyridine rings is 1. The molecular formula is C20H17F3N2OS. The lowest BCUT2D eigenvalue weighted by atomic mass is 9.91. The summed E-state index contributed by atoms with van der Waals surface area (Å²) in [6.45, 7) is 0.702. The van der Waals surface area contributed by atoms with Gasteiger partial charge >= 0.3 is 6.18 Å². The van der Waals surface area contributed by atoms with Gasteiger partial charge in [-0.05, 0) is 52.9 Å². The Hall–Kier alpha value is -2.28. The van der Waals surface area contributed by atoms with Crippen LogP contribution in [0.25, 0.3) is 10.9 Å². The Balaban J connectivity index is 1.77. The third kappa shape index (κ3) is 2.59. The van der Waals surface area contributed by atoms with Crippen LogP contribution in [0.15, 0.2) is 39.8 Å². The number of halogens is 3. The van der Waals surface area contributed by atoms with Crippen LogP contribution in [0.2, 0.25) is 0 Å². The van der Waals surface area contributed by atoms with E-state index in [1.807, 2.05) is 11.4 Å². The van der Waals surface area contributed by atoms with Gasteiger partial charge in [-0.2, -0.15) is 24.5 Å². The highest BCUT2D eigenvalue weighted by Crippen LogP contribution is 2.53. The summed E-state index contributed by atoms with van der Waals surface area (Å²) in [5.74, 6) is 0.0781. The summed E-state index contributed by atoms with van der Waals surface area (Å²) in [7, 11) is 0. The molecule has 1 aliphatic carbocycles. The highest BCUT2D eigenvalue weighted by molar-refractivity contribution is 7.07. The Labute approximate surface area is 157 Å². The van der Waals surface area contributed by atoms with Gasteiger partial charge in [0.2, 0.25) is 5.56 Å². The molecule has 3 aromatic rings. The molecule has 0 amide bonds. The van der Waals surface area contributed by atoms with Crippen molar-refractivity contribution in [2.45, 2.75) is 43.9 Å². The summed E-state index contributed by atoms with van der Waals surface area (Å²) >= 11 is 1.62. The summed E-state index contributed by atoms with van der Waals surface area (Å²) in [4.78, 5) is 16.7. The van der Waals surface area contributed by atoms with E-state index in [0.717, 1.165) is 30.5 Å². The van der Waals surface area contributed by atoms with Crippen LogP contribution in [0.1, 0.15) is 41.9 Å². The van der Waals surface area contributed by atoms with Gasteiger partial charge in [-0.15, -0.1) is 0 Å². The van der Waals surface area contributed by atoms with Crippen LogP contribution in [-0.2, 0) is 12.7 Å². The predicted molar refractivity (Wildman–Crippen MR) is 100 cm³/mol. The van der Waals surface area contributed by atoms with E-state index in [-0.39, 0.29) is 22.9 Å². The average molecular weight is 390 g/mol. The number of rotatable bonds is 2. The number of nitrogens with zero attached hydrogens (tertiary/aromatic N) is 1. The third-order valence-electron chi connectivity index (χ3n) is 5.82. The molecule has 1 fully saturated rings. The van der Waals surface area contributed by atoms with Crippen LogP contribution in [0, 0.1) is 0 Å². The van der Waals surface area contributed by atoms with Gasteiger partial charge < -0.3 is 9.88 Å². The molecule has 7 heteroatoms. The van der Waals surface area contributed by atoms with Gasteiger partial charge in [-0.25, -0.2) is 0 Å². The van der Waals surface area contributed by atoms with Crippen LogP contribution in [0.4, 0.5) is 18.9 Å². The predicted octanol–water partition coefficient (Wildman–Crippen LogP) is 5.26. The second-order valence-electron chi connectivity index (χ2n) is 7.33. The molecule has 0 bridgehead atoms. The van der Waals surface area contributed by atoms with Gasteiger partial charge in [0, 0.05) is 41.2 Å². The van der Waals surface area contributed by atoms with Crippen molar-refractivity contribution in [1.82, 2.24) is 4.98 Å². The third-order valence-corrected chi connectivity index (χ3v) is 6.56.